The van der Waals surface area contributed by atoms with E-state index in [9.17, 15) is 13.2 Å². The van der Waals surface area contributed by atoms with Crippen molar-refractivity contribution in [3.8, 4) is 0 Å². The van der Waals surface area contributed by atoms with Gasteiger partial charge in [-0.2, -0.15) is 0 Å². The summed E-state index contributed by atoms with van der Waals surface area (Å²) in [7, 11) is -3.56. The number of nitrogens with zero attached hydrogens (tertiary/aromatic N) is 2. The van der Waals surface area contributed by atoms with E-state index in [1.807, 2.05) is 4.90 Å². The van der Waals surface area contributed by atoms with E-state index >= 15 is 0 Å². The number of carbonyl (C=O) groups is 1. The normalized spacial score (nSPS) is 23.6. The zero-order valence-electron chi connectivity index (χ0n) is 14.9. The third kappa shape index (κ3) is 3.86. The molecular weight excluding hydrogens is 338 g/mol. The summed E-state index contributed by atoms with van der Waals surface area (Å²) in [6.45, 7) is 7.26. The van der Waals surface area contributed by atoms with E-state index in [0.29, 0.717) is 5.56 Å². The molecule has 136 valence electrons. The Hall–Kier alpha value is -1.89. The highest BCUT2D eigenvalue weighted by Gasteiger charge is 2.33. The fourth-order valence-corrected chi connectivity index (χ4v) is 4.82. The van der Waals surface area contributed by atoms with Gasteiger partial charge in [0, 0.05) is 18.2 Å². The number of nitrogens with one attached hydrogen (secondary N) is 1. The average molecular weight is 363 g/mol. The van der Waals surface area contributed by atoms with Crippen LogP contribution in [0.25, 0.3) is 0 Å². The van der Waals surface area contributed by atoms with E-state index < -0.39 is 10.0 Å². The Kier molecular flexibility index (Phi) is 4.62. The summed E-state index contributed by atoms with van der Waals surface area (Å²) < 4.78 is 26.6. The number of amides is 1. The van der Waals surface area contributed by atoms with Crippen molar-refractivity contribution in [2.75, 3.05) is 13.1 Å². The molecule has 0 aliphatic carbocycles. The molecule has 0 radical (unpaired) electrons. The Morgan fingerprint density at radius 2 is 2.04 bits per heavy atom. The molecule has 1 fully saturated rings. The minimum absolute atomic E-state index is 0.0349. The van der Waals surface area contributed by atoms with Gasteiger partial charge >= 0.3 is 0 Å². The highest BCUT2D eigenvalue weighted by Crippen LogP contribution is 2.30. The second kappa shape index (κ2) is 6.44. The molecule has 2 aliphatic heterocycles. The maximum Gasteiger partial charge on any atom is 0.263 e. The summed E-state index contributed by atoms with van der Waals surface area (Å²) in [5, 5.41) is 0. The molecule has 25 heavy (non-hydrogen) atoms. The second-order valence-corrected chi connectivity index (χ2v) is 9.57. The summed E-state index contributed by atoms with van der Waals surface area (Å²) >= 11 is 0. The Bertz CT molecular complexity index is 809. The van der Waals surface area contributed by atoms with E-state index in [1.165, 1.54) is 0 Å². The molecule has 1 amide bonds. The number of hydrogen-bond acceptors (Lipinski definition) is 4. The Balaban J connectivity index is 1.73. The Labute approximate surface area is 149 Å². The first-order valence-electron chi connectivity index (χ1n) is 8.63. The molecule has 1 atom stereocenters. The summed E-state index contributed by atoms with van der Waals surface area (Å²) in [6.07, 6.45) is 3.00. The highest BCUT2D eigenvalue weighted by atomic mass is 32.2. The molecule has 7 heteroatoms. The van der Waals surface area contributed by atoms with Crippen LogP contribution in [0.4, 0.5) is 0 Å². The van der Waals surface area contributed by atoms with E-state index in [2.05, 4.69) is 30.5 Å². The number of rotatable bonds is 3. The molecule has 0 spiro atoms. The van der Waals surface area contributed by atoms with Crippen molar-refractivity contribution < 1.29 is 13.2 Å². The molecule has 0 aromatic heterocycles. The average Bonchev–Trinajstić information content (AvgIpc) is 3.06. The van der Waals surface area contributed by atoms with Crippen LogP contribution in [0.15, 0.2) is 34.2 Å². The van der Waals surface area contributed by atoms with Gasteiger partial charge in [-0.3, -0.25) is 14.5 Å². The number of amidine groups is 1. The fourth-order valence-electron chi connectivity index (χ4n) is 3.57. The van der Waals surface area contributed by atoms with Crippen molar-refractivity contribution in [3.05, 3.63) is 29.8 Å². The van der Waals surface area contributed by atoms with Crippen molar-refractivity contribution in [1.29, 1.82) is 0 Å². The molecule has 1 saturated heterocycles. The van der Waals surface area contributed by atoms with Gasteiger partial charge in [0.1, 0.15) is 12.4 Å². The van der Waals surface area contributed by atoms with Gasteiger partial charge in [-0.15, -0.1) is 0 Å². The van der Waals surface area contributed by atoms with Gasteiger partial charge in [-0.1, -0.05) is 32.9 Å². The first kappa shape index (κ1) is 17.9. The molecule has 1 aromatic rings. The van der Waals surface area contributed by atoms with Gasteiger partial charge in [0.05, 0.1) is 4.90 Å². The molecule has 0 saturated carbocycles. The second-order valence-electron chi connectivity index (χ2n) is 7.91. The molecule has 1 aromatic carbocycles. The predicted octanol–water partition coefficient (Wildman–Crippen LogP) is 2.15. The van der Waals surface area contributed by atoms with E-state index in [1.54, 1.807) is 24.3 Å². The van der Waals surface area contributed by atoms with Gasteiger partial charge in [-0.05, 0) is 36.8 Å². The number of hydrogen-bond donors (Lipinski definition) is 1. The van der Waals surface area contributed by atoms with Crippen LogP contribution in [-0.4, -0.2) is 44.2 Å². The van der Waals surface area contributed by atoms with Gasteiger partial charge in [-0.25, -0.2) is 8.42 Å². The van der Waals surface area contributed by atoms with Gasteiger partial charge < -0.3 is 4.90 Å². The van der Waals surface area contributed by atoms with Crippen LogP contribution in [0.3, 0.4) is 0 Å². The highest BCUT2D eigenvalue weighted by molar-refractivity contribution is 7.90. The van der Waals surface area contributed by atoms with Crippen molar-refractivity contribution in [3.63, 3.8) is 0 Å². The number of aliphatic imine (C=N–C) groups is 1. The molecule has 0 unspecified atom stereocenters. The lowest BCUT2D eigenvalue weighted by Crippen LogP contribution is -2.39. The van der Waals surface area contributed by atoms with Crippen LogP contribution >= 0.6 is 0 Å². The monoisotopic (exact) mass is 363 g/mol. The number of fused-ring (bicyclic) bond motifs is 1. The van der Waals surface area contributed by atoms with Crippen LogP contribution in [0, 0.1) is 5.41 Å². The lowest BCUT2D eigenvalue weighted by atomic mass is 9.87. The first-order valence-corrected chi connectivity index (χ1v) is 10.1. The molecule has 1 N–H and O–H groups in total. The molecule has 2 heterocycles. The fraction of sp³-hybridized carbons (Fsp3) is 0.556. The minimum atomic E-state index is -3.56. The van der Waals surface area contributed by atoms with Crippen molar-refractivity contribution in [2.24, 2.45) is 10.4 Å². The molecule has 6 nitrogen and oxygen atoms in total. The van der Waals surface area contributed by atoms with E-state index in [4.69, 9.17) is 0 Å². The van der Waals surface area contributed by atoms with Crippen LogP contribution in [0.5, 0.6) is 0 Å². The Morgan fingerprint density at radius 3 is 2.76 bits per heavy atom. The van der Waals surface area contributed by atoms with Crippen molar-refractivity contribution in [1.82, 2.24) is 9.62 Å². The van der Waals surface area contributed by atoms with Crippen LogP contribution < -0.4 is 4.72 Å². The zero-order valence-corrected chi connectivity index (χ0v) is 15.8. The first-order chi connectivity index (χ1) is 11.7. The van der Waals surface area contributed by atoms with E-state index in [-0.39, 0.29) is 34.6 Å². The van der Waals surface area contributed by atoms with Crippen molar-refractivity contribution in [2.45, 2.75) is 51.0 Å². The molecule has 2 aliphatic rings. The largest absolute Gasteiger partial charge is 0.338 e. The number of benzene rings is 1. The maximum atomic E-state index is 12.6. The van der Waals surface area contributed by atoms with Gasteiger partial charge in [0.25, 0.3) is 10.0 Å². The smallest absolute Gasteiger partial charge is 0.263 e. The van der Waals surface area contributed by atoms with Gasteiger partial charge in [0.15, 0.2) is 0 Å². The van der Waals surface area contributed by atoms with Crippen molar-refractivity contribution >= 4 is 21.8 Å². The summed E-state index contributed by atoms with van der Waals surface area (Å²) in [6, 6.07) is 6.93. The third-order valence-corrected chi connectivity index (χ3v) is 5.98. The summed E-state index contributed by atoms with van der Waals surface area (Å²) in [5.41, 5.74) is 0.697. The zero-order chi connectivity index (χ0) is 18.2. The third-order valence-electron chi connectivity index (χ3n) is 4.58. The Morgan fingerprint density at radius 1 is 1.32 bits per heavy atom. The standard InChI is InChI=1S/C18H25N3O3S/c1-18(2,3)11-13-7-6-10-21(13)16(22)12-19-17-14-8-4-5-9-15(14)25(23,24)20-17/h4-5,8-9,13H,6-7,10-12H2,1-3H3,(H,19,20)/t13-/m0/s1. The number of likely N-dealkylation sites (tertiary alicyclic amines) is 1. The lowest BCUT2D eigenvalue weighted by molar-refractivity contribution is -0.130. The minimum Gasteiger partial charge on any atom is -0.338 e. The molecular formula is C18H25N3O3S. The van der Waals surface area contributed by atoms with E-state index in [0.717, 1.165) is 25.8 Å². The number of carbonyl (C=O) groups excluding carboxylic acids is 1. The summed E-state index contributed by atoms with van der Waals surface area (Å²) in [5.74, 6) is 0.221. The quantitative estimate of drug-likeness (QED) is 0.894. The predicted molar refractivity (Wildman–Crippen MR) is 97.0 cm³/mol. The lowest BCUT2D eigenvalue weighted by Gasteiger charge is -2.30. The van der Waals surface area contributed by atoms with Crippen LogP contribution in [-0.2, 0) is 14.8 Å². The maximum absolute atomic E-state index is 12.6. The topological polar surface area (TPSA) is 78.8 Å². The molecule has 0 bridgehead atoms. The van der Waals surface area contributed by atoms with Crippen LogP contribution in [0.2, 0.25) is 0 Å². The van der Waals surface area contributed by atoms with Gasteiger partial charge in [0.2, 0.25) is 5.91 Å². The molecule has 3 rings (SSSR count). The number of sulfonamides is 1. The summed E-state index contributed by atoms with van der Waals surface area (Å²) in [4.78, 5) is 19.0. The van der Waals surface area contributed by atoms with Crippen LogP contribution in [0.1, 0.15) is 45.6 Å². The SMILES string of the molecule is CC(C)(C)C[C@@H]1CCCN1C(=O)CN=C1NS(=O)(=O)c2ccccc21.